The Morgan fingerprint density at radius 3 is 2.79 bits per heavy atom. The lowest BCUT2D eigenvalue weighted by atomic mass is 10.2. The van der Waals surface area contributed by atoms with Gasteiger partial charge in [-0.3, -0.25) is 0 Å². The second-order valence-electron chi connectivity index (χ2n) is 6.01. The van der Waals surface area contributed by atoms with Crippen molar-refractivity contribution >= 4 is 60.9 Å². The number of nitrogens with one attached hydrogen (secondary N) is 1. The summed E-state index contributed by atoms with van der Waals surface area (Å²) in [5, 5.41) is 8.97. The second kappa shape index (κ2) is 7.74. The van der Waals surface area contributed by atoms with Crippen LogP contribution >= 0.6 is 45.9 Å². The molecule has 4 aromatic rings. The minimum atomic E-state index is -3.75. The highest BCUT2D eigenvalue weighted by molar-refractivity contribution is 7.89. The SMILES string of the molecule is Cc1cc(S(=O)(=O)NCCc2csc3nc(-c4cccs4)nn23)c(Cl)cc1Cl. The van der Waals surface area contributed by atoms with E-state index in [-0.39, 0.29) is 16.5 Å². The van der Waals surface area contributed by atoms with Gasteiger partial charge in [-0.25, -0.2) is 17.7 Å². The molecule has 1 N–H and O–H groups in total. The standard InChI is InChI=1S/C17H14Cl2N4O2S3/c1-10-7-15(13(19)8-12(10)18)28(24,25)20-5-4-11-9-27-17-21-16(22-23(11)17)14-3-2-6-26-14/h2-3,6-9,20H,4-5H2,1H3. The second-order valence-corrected chi connectivity index (χ2v) is 10.3. The van der Waals surface area contributed by atoms with E-state index in [0.29, 0.717) is 22.8 Å². The zero-order chi connectivity index (χ0) is 19.9. The van der Waals surface area contributed by atoms with E-state index in [1.807, 2.05) is 22.9 Å². The van der Waals surface area contributed by atoms with Crippen LogP contribution in [0, 0.1) is 6.92 Å². The van der Waals surface area contributed by atoms with Crippen molar-refractivity contribution in [1.82, 2.24) is 19.3 Å². The molecule has 0 radical (unpaired) electrons. The van der Waals surface area contributed by atoms with Crippen LogP contribution < -0.4 is 4.72 Å². The molecule has 0 spiro atoms. The van der Waals surface area contributed by atoms with Crippen LogP contribution in [-0.4, -0.2) is 29.6 Å². The number of sulfonamides is 1. The molecule has 3 aromatic heterocycles. The highest BCUT2D eigenvalue weighted by Gasteiger charge is 2.19. The van der Waals surface area contributed by atoms with E-state index in [2.05, 4.69) is 14.8 Å². The average molecular weight is 473 g/mol. The molecule has 0 atom stereocenters. The topological polar surface area (TPSA) is 76.4 Å². The Morgan fingerprint density at radius 2 is 2.04 bits per heavy atom. The summed E-state index contributed by atoms with van der Waals surface area (Å²) in [5.41, 5.74) is 1.53. The van der Waals surface area contributed by atoms with Gasteiger partial charge in [-0.1, -0.05) is 29.3 Å². The molecule has 4 rings (SSSR count). The number of thiophene rings is 1. The molecule has 28 heavy (non-hydrogen) atoms. The normalized spacial score (nSPS) is 12.1. The summed E-state index contributed by atoms with van der Waals surface area (Å²) in [6.07, 6.45) is 0.469. The van der Waals surface area contributed by atoms with Crippen molar-refractivity contribution in [3.05, 3.63) is 56.3 Å². The predicted octanol–water partition coefficient (Wildman–Crippen LogP) is 4.66. The minimum absolute atomic E-state index is 0.0206. The van der Waals surface area contributed by atoms with Crippen molar-refractivity contribution in [3.8, 4) is 10.7 Å². The van der Waals surface area contributed by atoms with Gasteiger partial charge < -0.3 is 0 Å². The Bertz CT molecular complexity index is 1250. The largest absolute Gasteiger partial charge is 0.242 e. The van der Waals surface area contributed by atoms with Gasteiger partial charge in [0.1, 0.15) is 4.90 Å². The van der Waals surface area contributed by atoms with Crippen LogP contribution in [-0.2, 0) is 16.4 Å². The van der Waals surface area contributed by atoms with Gasteiger partial charge in [0.2, 0.25) is 15.0 Å². The molecule has 0 bridgehead atoms. The minimum Gasteiger partial charge on any atom is -0.211 e. The first kappa shape index (κ1) is 19.8. The Kier molecular flexibility index (Phi) is 5.47. The van der Waals surface area contributed by atoms with Crippen LogP contribution in [0.25, 0.3) is 15.7 Å². The third-order valence-electron chi connectivity index (χ3n) is 4.07. The van der Waals surface area contributed by atoms with Crippen molar-refractivity contribution < 1.29 is 8.42 Å². The number of aryl methyl sites for hydroxylation is 1. The quantitative estimate of drug-likeness (QED) is 0.442. The summed E-state index contributed by atoms with van der Waals surface area (Å²) in [4.78, 5) is 6.31. The fourth-order valence-corrected chi connectivity index (χ4v) is 6.01. The Morgan fingerprint density at radius 1 is 1.21 bits per heavy atom. The van der Waals surface area contributed by atoms with Crippen LogP contribution in [0.5, 0.6) is 0 Å². The van der Waals surface area contributed by atoms with Gasteiger partial charge in [0.05, 0.1) is 15.6 Å². The number of fused-ring (bicyclic) bond motifs is 1. The van der Waals surface area contributed by atoms with Crippen molar-refractivity contribution in [1.29, 1.82) is 0 Å². The van der Waals surface area contributed by atoms with E-state index in [0.717, 1.165) is 15.5 Å². The number of nitrogens with zero attached hydrogens (tertiary/aromatic N) is 3. The van der Waals surface area contributed by atoms with E-state index < -0.39 is 10.0 Å². The zero-order valence-corrected chi connectivity index (χ0v) is 18.5. The van der Waals surface area contributed by atoms with E-state index in [4.69, 9.17) is 23.2 Å². The third-order valence-corrected chi connectivity index (χ3v) is 8.13. The highest BCUT2D eigenvalue weighted by Crippen LogP contribution is 2.28. The molecule has 0 unspecified atom stereocenters. The van der Waals surface area contributed by atoms with E-state index in [1.165, 1.54) is 23.5 Å². The van der Waals surface area contributed by atoms with Gasteiger partial charge in [-0.2, -0.15) is 4.98 Å². The number of aromatic nitrogens is 3. The van der Waals surface area contributed by atoms with Gasteiger partial charge in [0.15, 0.2) is 5.82 Å². The molecule has 1 aromatic carbocycles. The lowest BCUT2D eigenvalue weighted by molar-refractivity contribution is 0.581. The smallest absolute Gasteiger partial charge is 0.211 e. The summed E-state index contributed by atoms with van der Waals surface area (Å²) in [5.74, 6) is 0.673. The van der Waals surface area contributed by atoms with Crippen LogP contribution in [0.4, 0.5) is 0 Å². The van der Waals surface area contributed by atoms with Crippen molar-refractivity contribution in [3.63, 3.8) is 0 Å². The maximum absolute atomic E-state index is 12.6. The maximum Gasteiger partial charge on any atom is 0.242 e. The zero-order valence-electron chi connectivity index (χ0n) is 14.5. The molecule has 6 nitrogen and oxygen atoms in total. The van der Waals surface area contributed by atoms with Crippen LogP contribution in [0.2, 0.25) is 10.0 Å². The number of halogens is 2. The molecular weight excluding hydrogens is 459 g/mol. The molecule has 0 aliphatic rings. The van der Waals surface area contributed by atoms with E-state index in [9.17, 15) is 8.42 Å². The summed E-state index contributed by atoms with van der Waals surface area (Å²) < 4.78 is 29.5. The fraction of sp³-hybridized carbons (Fsp3) is 0.176. The molecule has 146 valence electrons. The van der Waals surface area contributed by atoms with Gasteiger partial charge in [-0.05, 0) is 36.1 Å². The third kappa shape index (κ3) is 3.83. The van der Waals surface area contributed by atoms with Crippen LogP contribution in [0.1, 0.15) is 11.3 Å². The molecule has 0 fully saturated rings. The average Bonchev–Trinajstić information content (AvgIpc) is 3.35. The first-order valence-electron chi connectivity index (χ1n) is 8.17. The molecule has 0 aliphatic carbocycles. The Balaban J connectivity index is 1.50. The summed E-state index contributed by atoms with van der Waals surface area (Å²) in [6.45, 7) is 1.94. The molecule has 3 heterocycles. The summed E-state index contributed by atoms with van der Waals surface area (Å²) in [7, 11) is -3.75. The number of hydrogen-bond donors (Lipinski definition) is 1. The highest BCUT2D eigenvalue weighted by atomic mass is 35.5. The first-order valence-corrected chi connectivity index (χ1v) is 12.2. The van der Waals surface area contributed by atoms with Crippen LogP contribution in [0.3, 0.4) is 0 Å². The molecule has 0 aliphatic heterocycles. The number of benzene rings is 1. The van der Waals surface area contributed by atoms with E-state index in [1.54, 1.807) is 22.8 Å². The van der Waals surface area contributed by atoms with Crippen molar-refractivity contribution in [2.75, 3.05) is 6.54 Å². The molecule has 0 amide bonds. The first-order chi connectivity index (χ1) is 13.3. The monoisotopic (exact) mass is 472 g/mol. The lowest BCUT2D eigenvalue weighted by Gasteiger charge is -2.10. The van der Waals surface area contributed by atoms with Gasteiger partial charge >= 0.3 is 0 Å². The molecule has 11 heteroatoms. The van der Waals surface area contributed by atoms with Crippen LogP contribution in [0.15, 0.2) is 39.9 Å². The number of thiazole rings is 1. The molecule has 0 saturated heterocycles. The fourth-order valence-electron chi connectivity index (χ4n) is 2.63. The predicted molar refractivity (Wildman–Crippen MR) is 114 cm³/mol. The van der Waals surface area contributed by atoms with Gasteiger partial charge in [0, 0.05) is 23.4 Å². The maximum atomic E-state index is 12.6. The lowest BCUT2D eigenvalue weighted by Crippen LogP contribution is -2.26. The van der Waals surface area contributed by atoms with Gasteiger partial charge in [-0.15, -0.1) is 27.8 Å². The van der Waals surface area contributed by atoms with E-state index >= 15 is 0 Å². The van der Waals surface area contributed by atoms with Gasteiger partial charge in [0.25, 0.3) is 0 Å². The summed E-state index contributed by atoms with van der Waals surface area (Å²) >= 11 is 15.1. The number of rotatable bonds is 6. The Labute approximate surface area is 179 Å². The molecular formula is C17H14Cl2N4O2S3. The Hall–Kier alpha value is -1.49. The van der Waals surface area contributed by atoms with Crippen molar-refractivity contribution in [2.45, 2.75) is 18.2 Å². The summed E-state index contributed by atoms with van der Waals surface area (Å²) in [6, 6.07) is 6.83. The number of hydrogen-bond acceptors (Lipinski definition) is 6. The van der Waals surface area contributed by atoms with Crippen molar-refractivity contribution in [2.24, 2.45) is 0 Å². The molecule has 0 saturated carbocycles.